The first-order valence-electron chi connectivity index (χ1n) is 16.7. The molecular weight excluding hydrogens is 698 g/mol. The van der Waals surface area contributed by atoms with Gasteiger partial charge in [-0.1, -0.05) is 115 Å². The van der Waals surface area contributed by atoms with Crippen molar-refractivity contribution >= 4 is 56.0 Å². The lowest BCUT2D eigenvalue weighted by Crippen LogP contribution is -2.32. The summed E-state index contributed by atoms with van der Waals surface area (Å²) in [6, 6.07) is 33.0. The maximum absolute atomic E-state index is 14.3. The highest BCUT2D eigenvalue weighted by Gasteiger charge is 2.28. The third-order valence-corrected chi connectivity index (χ3v) is 11.4. The predicted octanol–water partition coefficient (Wildman–Crippen LogP) is 8.83. The minimum absolute atomic E-state index is 0.0281. The number of benzene rings is 4. The highest BCUT2D eigenvalue weighted by atomic mass is 35.5. The van der Waals surface area contributed by atoms with E-state index >= 15 is 0 Å². The zero-order chi connectivity index (χ0) is 35.6. The number of halogens is 1. The van der Waals surface area contributed by atoms with Crippen molar-refractivity contribution in [1.82, 2.24) is 29.1 Å². The molecule has 9 nitrogen and oxygen atoms in total. The number of fused-ring (bicyclic) bond motifs is 1. The van der Waals surface area contributed by atoms with Crippen molar-refractivity contribution < 1.29 is 4.79 Å². The highest BCUT2D eigenvalue weighted by Crippen LogP contribution is 2.35. The molecule has 0 aliphatic carbocycles. The normalized spacial score (nSPS) is 12.0. The smallest absolute Gasteiger partial charge is 0.283 e. The lowest BCUT2D eigenvalue weighted by atomic mass is 9.99. The van der Waals surface area contributed by atoms with Crippen molar-refractivity contribution in [3.05, 3.63) is 135 Å². The van der Waals surface area contributed by atoms with Crippen molar-refractivity contribution in [2.24, 2.45) is 7.05 Å². The van der Waals surface area contributed by atoms with E-state index in [1.807, 2.05) is 104 Å². The minimum Gasteiger partial charge on any atom is -0.283 e. The molecule has 258 valence electrons. The van der Waals surface area contributed by atoms with E-state index in [4.69, 9.17) is 16.6 Å². The number of carbonyl (C=O) groups is 1. The van der Waals surface area contributed by atoms with Crippen LogP contribution in [0.2, 0.25) is 5.02 Å². The molecule has 3 heterocycles. The van der Waals surface area contributed by atoms with Gasteiger partial charge < -0.3 is 0 Å². The molecular formula is C39H36ClN7O2S2. The van der Waals surface area contributed by atoms with E-state index < -0.39 is 0 Å². The second-order valence-corrected chi connectivity index (χ2v) is 14.7. The zero-order valence-corrected chi connectivity index (χ0v) is 31.0. The quantitative estimate of drug-likeness (QED) is 0.124. The summed E-state index contributed by atoms with van der Waals surface area (Å²) >= 11 is 9.42. The van der Waals surface area contributed by atoms with Crippen molar-refractivity contribution in [1.29, 1.82) is 0 Å². The van der Waals surface area contributed by atoms with Gasteiger partial charge in [0.05, 0.1) is 38.9 Å². The van der Waals surface area contributed by atoms with Gasteiger partial charge in [0.1, 0.15) is 5.69 Å². The molecule has 1 amide bonds. The van der Waals surface area contributed by atoms with Gasteiger partial charge in [-0.3, -0.25) is 23.7 Å². The summed E-state index contributed by atoms with van der Waals surface area (Å²) < 4.78 is 6.19. The summed E-state index contributed by atoms with van der Waals surface area (Å²) in [6.45, 7) is 6.64. The summed E-state index contributed by atoms with van der Waals surface area (Å²) in [5.41, 5.74) is 5.27. The number of hydrogen-bond donors (Lipinski definition) is 0. The standard InChI is InChI=1S/C39H36ClN7O2S2/c1-5-25(2)28-20-21-32-33(22-28)51-38(41-32)45(23-27-14-8-6-9-15-27)34(48)24-50-39-43-42-36(30-18-12-13-19-31(30)40)46(39)35-26(3)44(4)47(37(35)49)29-16-10-7-11-17-29/h6-22,25H,5,23-24H2,1-4H3. The first-order chi connectivity index (χ1) is 24.7. The molecule has 0 bridgehead atoms. The van der Waals surface area contributed by atoms with E-state index in [2.05, 4.69) is 36.2 Å². The van der Waals surface area contributed by atoms with Crippen LogP contribution in [0.5, 0.6) is 0 Å². The number of carbonyl (C=O) groups excluding carboxylic acids is 1. The van der Waals surface area contributed by atoms with Gasteiger partial charge >= 0.3 is 0 Å². The summed E-state index contributed by atoms with van der Waals surface area (Å²) in [4.78, 5) is 35.2. The summed E-state index contributed by atoms with van der Waals surface area (Å²) in [6.07, 6.45) is 1.04. The number of hydrogen-bond acceptors (Lipinski definition) is 7. The minimum atomic E-state index is -0.251. The molecule has 0 saturated heterocycles. The van der Waals surface area contributed by atoms with Crippen LogP contribution in [0.3, 0.4) is 0 Å². The molecule has 0 aliphatic rings. The van der Waals surface area contributed by atoms with E-state index in [-0.39, 0.29) is 17.2 Å². The molecule has 4 aromatic carbocycles. The number of thioether (sulfide) groups is 1. The SMILES string of the molecule is CCC(C)c1ccc2nc(N(Cc3ccccc3)C(=O)CSc3nnc(-c4ccccc4Cl)n3-c3c(C)n(C)n(-c4ccccc4)c3=O)sc2c1. The molecule has 51 heavy (non-hydrogen) atoms. The highest BCUT2D eigenvalue weighted by molar-refractivity contribution is 7.99. The number of rotatable bonds is 11. The Bertz CT molecular complexity index is 2400. The molecule has 7 aromatic rings. The Morgan fingerprint density at radius 2 is 1.67 bits per heavy atom. The van der Waals surface area contributed by atoms with E-state index in [9.17, 15) is 9.59 Å². The van der Waals surface area contributed by atoms with E-state index in [1.165, 1.54) is 28.7 Å². The van der Waals surface area contributed by atoms with Crippen LogP contribution >= 0.6 is 34.7 Å². The molecule has 12 heteroatoms. The second-order valence-electron chi connectivity index (χ2n) is 12.3. The Morgan fingerprint density at radius 1 is 0.961 bits per heavy atom. The van der Waals surface area contributed by atoms with Gasteiger partial charge in [-0.2, -0.15) is 0 Å². The number of aromatic nitrogens is 6. The molecule has 1 atom stereocenters. The third-order valence-electron chi connectivity index (χ3n) is 9.12. The molecule has 3 aromatic heterocycles. The Balaban J connectivity index is 1.28. The fraction of sp³-hybridized carbons (Fsp3) is 0.205. The van der Waals surface area contributed by atoms with E-state index in [1.54, 1.807) is 20.2 Å². The van der Waals surface area contributed by atoms with Crippen molar-refractivity contribution in [2.75, 3.05) is 10.7 Å². The second kappa shape index (κ2) is 14.7. The average Bonchev–Trinajstić information content (AvgIpc) is 3.83. The van der Waals surface area contributed by atoms with Crippen LogP contribution in [-0.4, -0.2) is 40.8 Å². The van der Waals surface area contributed by atoms with Gasteiger partial charge in [-0.25, -0.2) is 9.67 Å². The molecule has 1 unspecified atom stereocenters. The molecule has 0 N–H and O–H groups in total. The van der Waals surface area contributed by atoms with Crippen LogP contribution in [0, 0.1) is 6.92 Å². The molecule has 0 radical (unpaired) electrons. The first kappa shape index (κ1) is 34.5. The summed E-state index contributed by atoms with van der Waals surface area (Å²) in [7, 11) is 1.84. The number of anilines is 1. The first-order valence-corrected chi connectivity index (χ1v) is 18.9. The van der Waals surface area contributed by atoms with E-state index in [0.717, 1.165) is 27.9 Å². The Hall–Kier alpha value is -4.97. The fourth-order valence-electron chi connectivity index (χ4n) is 6.01. The average molecular weight is 734 g/mol. The topological polar surface area (TPSA) is 90.8 Å². The molecule has 0 saturated carbocycles. The zero-order valence-electron chi connectivity index (χ0n) is 28.7. The van der Waals surface area contributed by atoms with Crippen molar-refractivity contribution in [2.45, 2.75) is 44.8 Å². The number of amides is 1. The van der Waals surface area contributed by atoms with Crippen LogP contribution in [0.4, 0.5) is 5.13 Å². The van der Waals surface area contributed by atoms with Crippen molar-refractivity contribution in [3.63, 3.8) is 0 Å². The maximum Gasteiger partial charge on any atom is 0.296 e. The Labute approximate surface area is 309 Å². The maximum atomic E-state index is 14.3. The van der Waals surface area contributed by atoms with Gasteiger partial charge in [0.15, 0.2) is 16.1 Å². The predicted molar refractivity (Wildman–Crippen MR) is 208 cm³/mol. The Morgan fingerprint density at radius 3 is 2.39 bits per heavy atom. The van der Waals surface area contributed by atoms with Gasteiger partial charge in [-0.05, 0) is 66.8 Å². The molecule has 7 rings (SSSR count). The summed E-state index contributed by atoms with van der Waals surface area (Å²) in [5, 5.41) is 10.6. The van der Waals surface area contributed by atoms with Crippen LogP contribution in [0.1, 0.15) is 43.0 Å². The number of para-hydroxylation sites is 1. The largest absolute Gasteiger partial charge is 0.296 e. The monoisotopic (exact) mass is 733 g/mol. The lowest BCUT2D eigenvalue weighted by Gasteiger charge is -2.20. The number of thiazole rings is 1. The molecule has 0 spiro atoms. The lowest BCUT2D eigenvalue weighted by molar-refractivity contribution is -0.116. The van der Waals surface area contributed by atoms with Crippen molar-refractivity contribution in [3.8, 4) is 22.8 Å². The van der Waals surface area contributed by atoms with Gasteiger partial charge in [0, 0.05) is 12.6 Å². The van der Waals surface area contributed by atoms with Crippen LogP contribution in [-0.2, 0) is 18.4 Å². The van der Waals surface area contributed by atoms with Gasteiger partial charge in [-0.15, -0.1) is 10.2 Å². The molecule has 0 fully saturated rings. The fourth-order valence-corrected chi connectivity index (χ4v) is 8.08. The van der Waals surface area contributed by atoms with Crippen LogP contribution < -0.4 is 10.5 Å². The van der Waals surface area contributed by atoms with Gasteiger partial charge in [0.25, 0.3) is 5.56 Å². The number of nitrogens with zero attached hydrogens (tertiary/aromatic N) is 7. The third kappa shape index (κ3) is 6.76. The van der Waals surface area contributed by atoms with E-state index in [0.29, 0.717) is 50.5 Å². The summed E-state index contributed by atoms with van der Waals surface area (Å²) in [5.74, 6) is 0.716. The van der Waals surface area contributed by atoms with Crippen LogP contribution in [0.25, 0.3) is 33.0 Å². The Kier molecular flexibility index (Phi) is 9.95. The molecule has 0 aliphatic heterocycles. The van der Waals surface area contributed by atoms with Gasteiger partial charge in [0.2, 0.25) is 5.91 Å². The van der Waals surface area contributed by atoms with Crippen LogP contribution in [0.15, 0.2) is 113 Å².